The molecule has 26 heavy (non-hydrogen) atoms. The zero-order valence-electron chi connectivity index (χ0n) is 15.7. The Hall–Kier alpha value is -1.77. The van der Waals surface area contributed by atoms with Crippen LogP contribution in [0.3, 0.4) is 0 Å². The fraction of sp³-hybridized carbons (Fsp3) is 0.474. The maximum absolute atomic E-state index is 9.33. The molecule has 1 aromatic carbocycles. The second-order valence-corrected chi connectivity index (χ2v) is 5.95. The molecule has 1 heterocycles. The van der Waals surface area contributed by atoms with Gasteiger partial charge < -0.3 is 20.3 Å². The molecule has 1 aromatic heterocycles. The van der Waals surface area contributed by atoms with Gasteiger partial charge in [-0.3, -0.25) is 0 Å². The lowest BCUT2D eigenvalue weighted by Gasteiger charge is -2.10. The average Bonchev–Trinajstić information content (AvgIpc) is 3.09. The first-order chi connectivity index (χ1) is 12.2. The summed E-state index contributed by atoms with van der Waals surface area (Å²) in [5.74, 6) is 2.23. The number of benzene rings is 1. The molecule has 0 bridgehead atoms. The van der Waals surface area contributed by atoms with Gasteiger partial charge in [-0.15, -0.1) is 24.0 Å². The number of nitrogens with zero attached hydrogens (tertiary/aromatic N) is 2. The van der Waals surface area contributed by atoms with Crippen molar-refractivity contribution in [2.45, 2.75) is 52.6 Å². The number of rotatable bonds is 8. The van der Waals surface area contributed by atoms with Crippen LogP contribution in [-0.2, 0) is 13.1 Å². The van der Waals surface area contributed by atoms with Gasteiger partial charge in [0.1, 0.15) is 5.75 Å². The molecule has 7 heteroatoms. The number of phenolic OH excluding ortho intramolecular Hbond substituents is 1. The molecule has 2 rings (SSSR count). The monoisotopic (exact) mass is 472 g/mol. The maximum Gasteiger partial charge on any atom is 0.191 e. The van der Waals surface area contributed by atoms with Gasteiger partial charge in [0.25, 0.3) is 0 Å². The van der Waals surface area contributed by atoms with Crippen LogP contribution in [0.1, 0.15) is 56.5 Å². The number of phenols is 1. The van der Waals surface area contributed by atoms with E-state index in [1.165, 1.54) is 0 Å². The average molecular weight is 472 g/mol. The summed E-state index contributed by atoms with van der Waals surface area (Å²) < 4.78 is 5.43. The summed E-state index contributed by atoms with van der Waals surface area (Å²) in [5, 5.41) is 20.0. The lowest BCUT2D eigenvalue weighted by Crippen LogP contribution is -2.36. The zero-order valence-corrected chi connectivity index (χ0v) is 18.0. The molecule has 0 amide bonds. The summed E-state index contributed by atoms with van der Waals surface area (Å²) in [6, 6.07) is 9.08. The molecule has 0 aliphatic rings. The van der Waals surface area contributed by atoms with Crippen molar-refractivity contribution >= 4 is 29.9 Å². The van der Waals surface area contributed by atoms with Gasteiger partial charge >= 0.3 is 0 Å². The van der Waals surface area contributed by atoms with E-state index in [0.717, 1.165) is 42.4 Å². The number of halogens is 1. The summed E-state index contributed by atoms with van der Waals surface area (Å²) >= 11 is 0. The van der Waals surface area contributed by atoms with Gasteiger partial charge in [-0.05, 0) is 37.5 Å². The molecule has 0 aliphatic heterocycles. The van der Waals surface area contributed by atoms with Crippen LogP contribution in [-0.4, -0.2) is 22.8 Å². The quantitative estimate of drug-likeness (QED) is 0.306. The van der Waals surface area contributed by atoms with Crippen LogP contribution in [0.5, 0.6) is 5.75 Å². The van der Waals surface area contributed by atoms with Crippen LogP contribution in [0.4, 0.5) is 0 Å². The summed E-state index contributed by atoms with van der Waals surface area (Å²) in [6.45, 7) is 8.20. The van der Waals surface area contributed by atoms with Crippen molar-refractivity contribution in [2.24, 2.45) is 4.99 Å². The van der Waals surface area contributed by atoms with E-state index in [0.29, 0.717) is 19.0 Å². The number of aromatic hydroxyl groups is 1. The standard InChI is InChI=1S/C19H28N4O2.HI/c1-4-15(5-2)18-11-17(25-23-18)13-22-19(20-6-3)21-12-14-7-9-16(24)10-8-14;/h7-11,15,24H,4-6,12-13H2,1-3H3,(H2,20,21,22);1H. The van der Waals surface area contributed by atoms with E-state index in [4.69, 9.17) is 4.52 Å². The Kier molecular flexibility index (Phi) is 10.1. The van der Waals surface area contributed by atoms with E-state index >= 15 is 0 Å². The molecule has 0 radical (unpaired) electrons. The second-order valence-electron chi connectivity index (χ2n) is 5.95. The Morgan fingerprint density at radius 1 is 1.15 bits per heavy atom. The highest BCUT2D eigenvalue weighted by Crippen LogP contribution is 2.22. The number of hydrogen-bond donors (Lipinski definition) is 3. The third kappa shape index (κ3) is 6.86. The van der Waals surface area contributed by atoms with E-state index in [2.05, 4.69) is 34.6 Å². The molecule has 0 fully saturated rings. The summed E-state index contributed by atoms with van der Waals surface area (Å²) in [6.07, 6.45) is 2.12. The Labute approximate surface area is 172 Å². The van der Waals surface area contributed by atoms with Gasteiger partial charge in [0, 0.05) is 18.5 Å². The van der Waals surface area contributed by atoms with E-state index in [9.17, 15) is 5.11 Å². The lowest BCUT2D eigenvalue weighted by molar-refractivity contribution is 0.368. The first-order valence-corrected chi connectivity index (χ1v) is 8.91. The van der Waals surface area contributed by atoms with Crippen LogP contribution in [0.15, 0.2) is 39.8 Å². The predicted molar refractivity (Wildman–Crippen MR) is 115 cm³/mol. The first kappa shape index (κ1) is 22.3. The van der Waals surface area contributed by atoms with Crippen molar-refractivity contribution in [3.8, 4) is 5.75 Å². The molecule has 0 saturated carbocycles. The van der Waals surface area contributed by atoms with E-state index in [-0.39, 0.29) is 29.7 Å². The van der Waals surface area contributed by atoms with Crippen molar-refractivity contribution < 1.29 is 9.63 Å². The lowest BCUT2D eigenvalue weighted by atomic mass is 9.99. The normalized spacial score (nSPS) is 11.3. The van der Waals surface area contributed by atoms with Crippen molar-refractivity contribution in [2.75, 3.05) is 6.54 Å². The van der Waals surface area contributed by atoms with E-state index in [1.807, 2.05) is 25.1 Å². The van der Waals surface area contributed by atoms with Crippen LogP contribution in [0.25, 0.3) is 0 Å². The number of guanidine groups is 1. The summed E-state index contributed by atoms with van der Waals surface area (Å²) in [7, 11) is 0. The van der Waals surface area contributed by atoms with Gasteiger partial charge in [0.15, 0.2) is 11.7 Å². The molecule has 3 N–H and O–H groups in total. The minimum atomic E-state index is 0. The molecule has 6 nitrogen and oxygen atoms in total. The molecule has 0 aliphatic carbocycles. The maximum atomic E-state index is 9.33. The van der Waals surface area contributed by atoms with Crippen LogP contribution in [0, 0.1) is 0 Å². The molecule has 0 atom stereocenters. The Morgan fingerprint density at radius 2 is 1.85 bits per heavy atom. The molecular formula is C19H29IN4O2. The summed E-state index contributed by atoms with van der Waals surface area (Å²) in [5.41, 5.74) is 2.05. The third-order valence-electron chi connectivity index (χ3n) is 4.11. The number of hydrogen-bond acceptors (Lipinski definition) is 4. The van der Waals surface area contributed by atoms with Gasteiger partial charge in [-0.25, -0.2) is 4.99 Å². The fourth-order valence-electron chi connectivity index (χ4n) is 2.60. The number of aromatic nitrogens is 1. The number of nitrogens with one attached hydrogen (secondary N) is 2. The minimum Gasteiger partial charge on any atom is -0.508 e. The molecule has 2 aromatic rings. The highest BCUT2D eigenvalue weighted by atomic mass is 127. The minimum absolute atomic E-state index is 0. The largest absolute Gasteiger partial charge is 0.508 e. The van der Waals surface area contributed by atoms with E-state index < -0.39 is 0 Å². The second kappa shape index (κ2) is 11.8. The van der Waals surface area contributed by atoms with E-state index in [1.54, 1.807) is 12.1 Å². The van der Waals surface area contributed by atoms with Crippen molar-refractivity contribution in [1.82, 2.24) is 15.8 Å². The summed E-state index contributed by atoms with van der Waals surface area (Å²) in [4.78, 5) is 4.55. The predicted octanol–water partition coefficient (Wildman–Crippen LogP) is 4.16. The first-order valence-electron chi connectivity index (χ1n) is 8.91. The van der Waals surface area contributed by atoms with Crippen LogP contribution < -0.4 is 10.6 Å². The fourth-order valence-corrected chi connectivity index (χ4v) is 2.60. The van der Waals surface area contributed by atoms with Gasteiger partial charge in [0.05, 0.1) is 18.8 Å². The van der Waals surface area contributed by atoms with Gasteiger partial charge in [-0.1, -0.05) is 31.1 Å². The molecule has 0 saturated heterocycles. The zero-order chi connectivity index (χ0) is 18.1. The number of aliphatic imine (C=N–C) groups is 1. The molecule has 0 spiro atoms. The highest BCUT2D eigenvalue weighted by Gasteiger charge is 2.13. The molecule has 144 valence electrons. The van der Waals surface area contributed by atoms with Crippen molar-refractivity contribution in [3.63, 3.8) is 0 Å². The topological polar surface area (TPSA) is 82.7 Å². The Morgan fingerprint density at radius 3 is 2.46 bits per heavy atom. The van der Waals surface area contributed by atoms with Gasteiger partial charge in [0.2, 0.25) is 0 Å². The molecule has 0 unspecified atom stereocenters. The van der Waals surface area contributed by atoms with Crippen LogP contribution in [0.2, 0.25) is 0 Å². The Balaban J connectivity index is 0.00000338. The van der Waals surface area contributed by atoms with Crippen molar-refractivity contribution in [1.29, 1.82) is 0 Å². The Bertz CT molecular complexity index is 666. The third-order valence-corrected chi connectivity index (χ3v) is 4.11. The highest BCUT2D eigenvalue weighted by molar-refractivity contribution is 14.0. The van der Waals surface area contributed by atoms with Crippen LogP contribution >= 0.6 is 24.0 Å². The SMILES string of the molecule is CCNC(=NCc1ccc(O)cc1)NCc1cc(C(CC)CC)no1.I. The van der Waals surface area contributed by atoms with Gasteiger partial charge in [-0.2, -0.15) is 0 Å². The smallest absolute Gasteiger partial charge is 0.191 e. The van der Waals surface area contributed by atoms with Crippen molar-refractivity contribution in [3.05, 3.63) is 47.3 Å². The molecular weight excluding hydrogens is 443 g/mol.